The number of aliphatic imine (C=N–C) groups is 1. The number of guanidine groups is 1. The van der Waals surface area contributed by atoms with Crippen LogP contribution in [0.1, 0.15) is 32.6 Å². The minimum absolute atomic E-state index is 0.231. The van der Waals surface area contributed by atoms with Crippen LogP contribution < -0.4 is 10.6 Å². The van der Waals surface area contributed by atoms with Gasteiger partial charge in [-0.05, 0) is 51.6 Å². The van der Waals surface area contributed by atoms with E-state index in [0.29, 0.717) is 12.0 Å². The number of rotatable bonds is 7. The summed E-state index contributed by atoms with van der Waals surface area (Å²) in [6, 6.07) is 0.347. The average Bonchev–Trinajstić information content (AvgIpc) is 2.71. The monoisotopic (exact) mass is 383 g/mol. The molecule has 0 radical (unpaired) electrons. The van der Waals surface area contributed by atoms with Gasteiger partial charge >= 0.3 is 6.09 Å². The molecule has 8 nitrogen and oxygen atoms in total. The zero-order valence-electron chi connectivity index (χ0n) is 17.2. The summed E-state index contributed by atoms with van der Waals surface area (Å²) in [5, 5.41) is 6.90. The molecule has 0 aromatic carbocycles. The van der Waals surface area contributed by atoms with Crippen molar-refractivity contribution in [2.75, 3.05) is 66.6 Å². The molecule has 1 amide bonds. The highest BCUT2D eigenvalue weighted by atomic mass is 16.5. The first-order valence-electron chi connectivity index (χ1n) is 10.2. The van der Waals surface area contributed by atoms with Gasteiger partial charge in [0.2, 0.25) is 0 Å². The van der Waals surface area contributed by atoms with Gasteiger partial charge in [-0.3, -0.25) is 4.99 Å². The molecule has 2 saturated heterocycles. The Morgan fingerprint density at radius 2 is 1.81 bits per heavy atom. The zero-order valence-corrected chi connectivity index (χ0v) is 17.2. The number of methoxy groups -OCH3 is 2. The number of hydrogen-bond acceptors (Lipinski definition) is 5. The highest BCUT2D eigenvalue weighted by molar-refractivity contribution is 5.80. The summed E-state index contributed by atoms with van der Waals surface area (Å²) in [5.74, 6) is 1.55. The number of likely N-dealkylation sites (tertiary alicyclic amines) is 2. The number of hydrogen-bond donors (Lipinski definition) is 2. The van der Waals surface area contributed by atoms with E-state index in [1.54, 1.807) is 12.0 Å². The van der Waals surface area contributed by atoms with E-state index in [9.17, 15) is 4.79 Å². The van der Waals surface area contributed by atoms with Crippen molar-refractivity contribution in [3.63, 3.8) is 0 Å². The molecular weight excluding hydrogens is 346 g/mol. The Balaban J connectivity index is 1.74. The van der Waals surface area contributed by atoms with Crippen molar-refractivity contribution in [2.45, 2.75) is 38.6 Å². The minimum atomic E-state index is -0.231. The van der Waals surface area contributed by atoms with Crippen LogP contribution >= 0.6 is 0 Å². The lowest BCUT2D eigenvalue weighted by Gasteiger charge is -2.32. The topological polar surface area (TPSA) is 78.4 Å². The molecule has 0 unspecified atom stereocenters. The fraction of sp³-hybridized carbons (Fsp3) is 0.895. The van der Waals surface area contributed by atoms with Crippen LogP contribution in [0.2, 0.25) is 0 Å². The molecule has 0 bridgehead atoms. The number of piperidine rings is 2. The van der Waals surface area contributed by atoms with Gasteiger partial charge in [0.05, 0.1) is 13.7 Å². The Kier molecular flexibility index (Phi) is 9.69. The van der Waals surface area contributed by atoms with Crippen molar-refractivity contribution in [3.05, 3.63) is 0 Å². The van der Waals surface area contributed by atoms with Crippen molar-refractivity contribution >= 4 is 12.1 Å². The van der Waals surface area contributed by atoms with Gasteiger partial charge in [-0.25, -0.2) is 4.79 Å². The molecule has 0 saturated carbocycles. The van der Waals surface area contributed by atoms with Crippen LogP contribution in [0.5, 0.6) is 0 Å². The number of ether oxygens (including phenoxy) is 2. The third kappa shape index (κ3) is 7.54. The molecule has 156 valence electrons. The van der Waals surface area contributed by atoms with Crippen LogP contribution in [0.25, 0.3) is 0 Å². The molecule has 2 aliphatic rings. The number of carbonyl (C=O) groups is 1. The van der Waals surface area contributed by atoms with Gasteiger partial charge in [0.1, 0.15) is 0 Å². The first kappa shape index (κ1) is 21.8. The van der Waals surface area contributed by atoms with Gasteiger partial charge in [-0.15, -0.1) is 0 Å². The summed E-state index contributed by atoms with van der Waals surface area (Å²) in [6.45, 7) is 9.38. The first-order chi connectivity index (χ1) is 13.2. The van der Waals surface area contributed by atoms with Crippen LogP contribution in [-0.2, 0) is 9.47 Å². The molecular formula is C19H37N5O3. The van der Waals surface area contributed by atoms with E-state index < -0.39 is 0 Å². The highest BCUT2D eigenvalue weighted by Gasteiger charge is 2.24. The molecule has 0 spiro atoms. The predicted octanol–water partition coefficient (Wildman–Crippen LogP) is 1.13. The van der Waals surface area contributed by atoms with Gasteiger partial charge in [0.15, 0.2) is 5.96 Å². The maximum Gasteiger partial charge on any atom is 0.409 e. The lowest BCUT2D eigenvalue weighted by atomic mass is 9.97. The van der Waals surface area contributed by atoms with E-state index in [1.807, 2.05) is 0 Å². The van der Waals surface area contributed by atoms with E-state index >= 15 is 0 Å². The van der Waals surface area contributed by atoms with Crippen LogP contribution in [0.3, 0.4) is 0 Å². The van der Waals surface area contributed by atoms with E-state index in [-0.39, 0.29) is 6.09 Å². The van der Waals surface area contributed by atoms with Gasteiger partial charge in [-0.2, -0.15) is 0 Å². The molecule has 2 fully saturated rings. The van der Waals surface area contributed by atoms with Crippen molar-refractivity contribution in [3.8, 4) is 0 Å². The molecule has 8 heteroatoms. The number of nitrogens with zero attached hydrogens (tertiary/aromatic N) is 3. The Morgan fingerprint density at radius 3 is 2.41 bits per heavy atom. The number of nitrogens with one attached hydrogen (secondary N) is 2. The summed E-state index contributed by atoms with van der Waals surface area (Å²) < 4.78 is 9.97. The maximum absolute atomic E-state index is 11.6. The van der Waals surface area contributed by atoms with Gasteiger partial charge < -0.3 is 29.9 Å². The summed E-state index contributed by atoms with van der Waals surface area (Å²) in [4.78, 5) is 20.7. The van der Waals surface area contributed by atoms with Crippen molar-refractivity contribution in [1.29, 1.82) is 0 Å². The Labute approximate surface area is 163 Å². The van der Waals surface area contributed by atoms with Gasteiger partial charge in [0, 0.05) is 45.9 Å². The lowest BCUT2D eigenvalue weighted by molar-refractivity contribution is 0.111. The smallest absolute Gasteiger partial charge is 0.409 e. The third-order valence-corrected chi connectivity index (χ3v) is 5.44. The van der Waals surface area contributed by atoms with E-state index in [4.69, 9.17) is 14.5 Å². The first-order valence-corrected chi connectivity index (χ1v) is 10.2. The minimum Gasteiger partial charge on any atom is -0.453 e. The standard InChI is InChI=1S/C19H37N5O3/c1-4-20-18(22-17-7-11-24(12-8-17)19(25)27-3)21-15-16-5-9-23(10-6-16)13-14-26-2/h16-17H,4-15H2,1-3H3,(H2,20,21,22). The average molecular weight is 384 g/mol. The van der Waals surface area contributed by atoms with Crippen LogP contribution in [0.15, 0.2) is 4.99 Å². The van der Waals surface area contributed by atoms with E-state index in [1.165, 1.54) is 20.0 Å². The molecule has 2 N–H and O–H groups in total. The lowest BCUT2D eigenvalue weighted by Crippen LogP contribution is -2.50. The third-order valence-electron chi connectivity index (χ3n) is 5.44. The predicted molar refractivity (Wildman–Crippen MR) is 107 cm³/mol. The fourth-order valence-corrected chi connectivity index (χ4v) is 3.68. The second-order valence-electron chi connectivity index (χ2n) is 7.37. The van der Waals surface area contributed by atoms with Crippen LogP contribution in [0, 0.1) is 5.92 Å². The fourth-order valence-electron chi connectivity index (χ4n) is 3.68. The summed E-state index contributed by atoms with van der Waals surface area (Å²) in [5.41, 5.74) is 0. The van der Waals surface area contributed by atoms with Crippen molar-refractivity contribution in [2.24, 2.45) is 10.9 Å². The van der Waals surface area contributed by atoms with Crippen LogP contribution in [-0.4, -0.2) is 94.5 Å². The highest BCUT2D eigenvalue weighted by Crippen LogP contribution is 2.17. The maximum atomic E-state index is 11.6. The molecule has 0 aromatic rings. The van der Waals surface area contributed by atoms with E-state index in [2.05, 4.69) is 22.5 Å². The molecule has 2 aliphatic heterocycles. The molecule has 0 atom stereocenters. The molecule has 2 heterocycles. The Bertz CT molecular complexity index is 458. The van der Waals surface area contributed by atoms with Gasteiger partial charge in [0.25, 0.3) is 0 Å². The number of carbonyl (C=O) groups excluding carboxylic acids is 1. The second kappa shape index (κ2) is 12.0. The largest absolute Gasteiger partial charge is 0.453 e. The van der Waals surface area contributed by atoms with Crippen molar-refractivity contribution in [1.82, 2.24) is 20.4 Å². The molecule has 0 aromatic heterocycles. The molecule has 0 aliphatic carbocycles. The number of amides is 1. The molecule has 27 heavy (non-hydrogen) atoms. The SMILES string of the molecule is CCNC(=NCC1CCN(CCOC)CC1)NC1CCN(C(=O)OC)CC1. The normalized spacial score (nSPS) is 20.6. The van der Waals surface area contributed by atoms with Crippen molar-refractivity contribution < 1.29 is 14.3 Å². The Morgan fingerprint density at radius 1 is 1.11 bits per heavy atom. The summed E-state index contributed by atoms with van der Waals surface area (Å²) in [6.07, 6.45) is 3.99. The van der Waals surface area contributed by atoms with Gasteiger partial charge in [-0.1, -0.05) is 0 Å². The van der Waals surface area contributed by atoms with E-state index in [0.717, 1.165) is 71.2 Å². The van der Waals surface area contributed by atoms with Crippen LogP contribution in [0.4, 0.5) is 4.79 Å². The summed E-state index contributed by atoms with van der Waals surface area (Å²) in [7, 11) is 3.20. The summed E-state index contributed by atoms with van der Waals surface area (Å²) >= 11 is 0. The second-order valence-corrected chi connectivity index (χ2v) is 7.37. The molecule has 2 rings (SSSR count). The Hall–Kier alpha value is -1.54. The quantitative estimate of drug-likeness (QED) is 0.507. The zero-order chi connectivity index (χ0) is 19.5.